The predicted molar refractivity (Wildman–Crippen MR) is 66.9 cm³/mol. The van der Waals surface area contributed by atoms with E-state index in [0.29, 0.717) is 6.61 Å². The topological polar surface area (TPSA) is 45.6 Å². The van der Waals surface area contributed by atoms with Crippen molar-refractivity contribution in [2.45, 2.75) is 33.5 Å². The fourth-order valence-corrected chi connectivity index (χ4v) is 2.55. The van der Waals surface area contributed by atoms with Gasteiger partial charge < -0.3 is 14.7 Å². The normalized spacial score (nSPS) is 10.8. The predicted octanol–water partition coefficient (Wildman–Crippen LogP) is 2.02. The van der Waals surface area contributed by atoms with E-state index in [-0.39, 0.29) is 6.61 Å². The lowest BCUT2D eigenvalue weighted by atomic mass is 10.4. The molecule has 5 heteroatoms. The Morgan fingerprint density at radius 1 is 1.44 bits per heavy atom. The van der Waals surface area contributed by atoms with Gasteiger partial charge in [-0.3, -0.25) is 0 Å². The third kappa shape index (κ3) is 3.17. The molecule has 16 heavy (non-hydrogen) atoms. The van der Waals surface area contributed by atoms with Gasteiger partial charge in [-0.1, -0.05) is 18.3 Å². The Labute approximate surface area is 101 Å². The number of hydrogen-bond acceptors (Lipinski definition) is 5. The molecule has 0 atom stereocenters. The van der Waals surface area contributed by atoms with Gasteiger partial charge in [0, 0.05) is 20.2 Å². The van der Waals surface area contributed by atoms with Gasteiger partial charge in [0.15, 0.2) is 5.13 Å². The summed E-state index contributed by atoms with van der Waals surface area (Å²) in [6, 6.07) is 0. The Morgan fingerprint density at radius 2 is 2.19 bits per heavy atom. The molecule has 0 aromatic carbocycles. The van der Waals surface area contributed by atoms with Crippen LogP contribution in [0.1, 0.15) is 30.8 Å². The van der Waals surface area contributed by atoms with Crippen LogP contribution in [0.25, 0.3) is 0 Å². The first-order chi connectivity index (χ1) is 7.76. The number of methoxy groups -OCH3 is 1. The summed E-state index contributed by atoms with van der Waals surface area (Å²) < 4.78 is 5.07. The fraction of sp³-hybridized carbons (Fsp3) is 0.727. The summed E-state index contributed by atoms with van der Waals surface area (Å²) in [4.78, 5) is 7.65. The molecule has 1 aromatic heterocycles. The van der Waals surface area contributed by atoms with Crippen LogP contribution in [0.5, 0.6) is 0 Å². The van der Waals surface area contributed by atoms with Crippen molar-refractivity contribution in [3.63, 3.8) is 0 Å². The van der Waals surface area contributed by atoms with E-state index in [1.54, 1.807) is 18.4 Å². The lowest BCUT2D eigenvalue weighted by Gasteiger charge is -2.18. The minimum absolute atomic E-state index is 0.0417. The Kier molecular flexibility index (Phi) is 5.73. The molecule has 0 saturated heterocycles. The highest BCUT2D eigenvalue weighted by atomic mass is 32.1. The number of rotatable bonds is 7. The number of aromatic nitrogens is 1. The van der Waals surface area contributed by atoms with E-state index < -0.39 is 0 Å². The quantitative estimate of drug-likeness (QED) is 0.797. The fourth-order valence-electron chi connectivity index (χ4n) is 1.54. The van der Waals surface area contributed by atoms with Gasteiger partial charge in [-0.2, -0.15) is 0 Å². The maximum atomic E-state index is 9.24. The van der Waals surface area contributed by atoms with Gasteiger partial charge in [0.25, 0.3) is 0 Å². The van der Waals surface area contributed by atoms with E-state index in [2.05, 4.69) is 23.7 Å². The van der Waals surface area contributed by atoms with Crippen molar-refractivity contribution in [2.24, 2.45) is 0 Å². The van der Waals surface area contributed by atoms with Crippen LogP contribution in [-0.4, -0.2) is 30.3 Å². The molecule has 92 valence electrons. The van der Waals surface area contributed by atoms with Crippen LogP contribution in [0.2, 0.25) is 0 Å². The molecule has 0 unspecified atom stereocenters. The molecule has 1 N–H and O–H groups in total. The largest absolute Gasteiger partial charge is 0.391 e. The van der Waals surface area contributed by atoms with Gasteiger partial charge in [0.2, 0.25) is 0 Å². The van der Waals surface area contributed by atoms with Crippen molar-refractivity contribution in [2.75, 3.05) is 25.1 Å². The lowest BCUT2D eigenvalue weighted by molar-refractivity contribution is 0.179. The molecule has 4 nitrogen and oxygen atoms in total. The van der Waals surface area contributed by atoms with Gasteiger partial charge in [-0.15, -0.1) is 0 Å². The summed E-state index contributed by atoms with van der Waals surface area (Å²) in [6.07, 6.45) is 1.10. The molecule has 0 aliphatic rings. The number of nitrogens with zero attached hydrogens (tertiary/aromatic N) is 2. The van der Waals surface area contributed by atoms with Gasteiger partial charge in [0.05, 0.1) is 23.8 Å². The van der Waals surface area contributed by atoms with Crippen LogP contribution in [0.15, 0.2) is 0 Å². The molecular weight excluding hydrogens is 224 g/mol. The summed E-state index contributed by atoms with van der Waals surface area (Å²) in [6.45, 7) is 6.72. The molecule has 1 aromatic rings. The van der Waals surface area contributed by atoms with E-state index in [1.807, 2.05) is 0 Å². The number of ether oxygens (including phenoxy) is 1. The molecule has 0 fully saturated rings. The number of thiazole rings is 1. The second kappa shape index (κ2) is 6.83. The van der Waals surface area contributed by atoms with Crippen molar-refractivity contribution in [3.8, 4) is 0 Å². The summed E-state index contributed by atoms with van der Waals surface area (Å²) in [5, 5.41) is 10.2. The molecular formula is C11H20N2O2S. The molecule has 0 spiro atoms. The smallest absolute Gasteiger partial charge is 0.185 e. The first-order valence-electron chi connectivity index (χ1n) is 5.60. The Hall–Kier alpha value is -0.650. The van der Waals surface area contributed by atoms with Crippen molar-refractivity contribution in [1.82, 2.24) is 4.98 Å². The zero-order chi connectivity index (χ0) is 12.0. The van der Waals surface area contributed by atoms with Gasteiger partial charge in [-0.25, -0.2) is 4.98 Å². The first-order valence-corrected chi connectivity index (χ1v) is 6.41. The number of aliphatic hydroxyl groups is 1. The van der Waals surface area contributed by atoms with Crippen molar-refractivity contribution in [1.29, 1.82) is 0 Å². The molecule has 0 bridgehead atoms. The third-order valence-corrected chi connectivity index (χ3v) is 3.48. The highest BCUT2D eigenvalue weighted by Gasteiger charge is 2.14. The summed E-state index contributed by atoms with van der Waals surface area (Å²) >= 11 is 1.56. The van der Waals surface area contributed by atoms with Gasteiger partial charge in [0.1, 0.15) is 0 Å². The zero-order valence-corrected chi connectivity index (χ0v) is 11.0. The minimum Gasteiger partial charge on any atom is -0.391 e. The van der Waals surface area contributed by atoms with Crippen LogP contribution in [0.4, 0.5) is 5.13 Å². The van der Waals surface area contributed by atoms with E-state index in [0.717, 1.165) is 35.2 Å². The summed E-state index contributed by atoms with van der Waals surface area (Å²) in [5.41, 5.74) is 0.861. The Balaban J connectivity index is 2.86. The van der Waals surface area contributed by atoms with E-state index in [4.69, 9.17) is 4.74 Å². The molecule has 0 aliphatic heterocycles. The maximum Gasteiger partial charge on any atom is 0.185 e. The Bertz CT molecular complexity index is 315. The van der Waals surface area contributed by atoms with Crippen molar-refractivity contribution in [3.05, 3.63) is 10.6 Å². The molecule has 1 heterocycles. The maximum absolute atomic E-state index is 9.24. The number of aliphatic hydroxyl groups excluding tert-OH is 1. The molecule has 1 rings (SSSR count). The van der Waals surface area contributed by atoms with E-state index >= 15 is 0 Å². The second-order valence-corrected chi connectivity index (χ2v) is 4.60. The van der Waals surface area contributed by atoms with Crippen LogP contribution in [0, 0.1) is 0 Å². The van der Waals surface area contributed by atoms with Crippen LogP contribution in [-0.2, 0) is 18.0 Å². The molecule has 0 saturated carbocycles. The molecule has 0 radical (unpaired) electrons. The highest BCUT2D eigenvalue weighted by Crippen LogP contribution is 2.27. The average Bonchev–Trinajstić information content (AvgIpc) is 2.69. The van der Waals surface area contributed by atoms with Crippen LogP contribution in [0.3, 0.4) is 0 Å². The number of hydrogen-bond donors (Lipinski definition) is 1. The second-order valence-electron chi connectivity index (χ2n) is 3.54. The first kappa shape index (κ1) is 13.4. The van der Waals surface area contributed by atoms with Gasteiger partial charge >= 0.3 is 0 Å². The van der Waals surface area contributed by atoms with Crippen molar-refractivity contribution >= 4 is 16.5 Å². The monoisotopic (exact) mass is 244 g/mol. The van der Waals surface area contributed by atoms with E-state index in [9.17, 15) is 5.11 Å². The zero-order valence-electron chi connectivity index (χ0n) is 10.2. The van der Waals surface area contributed by atoms with Gasteiger partial charge in [-0.05, 0) is 13.3 Å². The molecule has 0 aliphatic carbocycles. The van der Waals surface area contributed by atoms with Crippen LogP contribution >= 0.6 is 11.3 Å². The number of anilines is 1. The van der Waals surface area contributed by atoms with Crippen LogP contribution < -0.4 is 4.90 Å². The SMILES string of the molecule is CCCN(CC)c1nc(COC)c(CO)s1. The summed E-state index contributed by atoms with van der Waals surface area (Å²) in [5.74, 6) is 0. The molecule has 0 amide bonds. The third-order valence-electron chi connectivity index (χ3n) is 2.34. The lowest BCUT2D eigenvalue weighted by Crippen LogP contribution is -2.23. The van der Waals surface area contributed by atoms with E-state index in [1.165, 1.54) is 0 Å². The minimum atomic E-state index is 0.0417. The summed E-state index contributed by atoms with van der Waals surface area (Å²) in [7, 11) is 1.64. The standard InChI is InChI=1S/C11H20N2O2S/c1-4-6-13(5-2)11-12-9(8-15-3)10(7-14)16-11/h14H,4-8H2,1-3H3. The highest BCUT2D eigenvalue weighted by molar-refractivity contribution is 7.15. The van der Waals surface area contributed by atoms with Crippen molar-refractivity contribution < 1.29 is 9.84 Å². The average molecular weight is 244 g/mol. The Morgan fingerprint density at radius 3 is 2.69 bits per heavy atom.